The van der Waals surface area contributed by atoms with Crippen LogP contribution in [0.1, 0.15) is 56.6 Å². The van der Waals surface area contributed by atoms with Crippen LogP contribution < -0.4 is 15.4 Å². The van der Waals surface area contributed by atoms with Gasteiger partial charge in [-0.25, -0.2) is 19.2 Å². The Morgan fingerprint density at radius 2 is 1.81 bits per heavy atom. The van der Waals surface area contributed by atoms with Crippen molar-refractivity contribution >= 4 is 11.9 Å². The number of hydrogen-bond donors (Lipinski definition) is 1. The van der Waals surface area contributed by atoms with Gasteiger partial charge in [-0.3, -0.25) is 4.98 Å². The van der Waals surface area contributed by atoms with Crippen LogP contribution in [0.5, 0.6) is 11.5 Å². The van der Waals surface area contributed by atoms with E-state index in [2.05, 4.69) is 24.8 Å². The van der Waals surface area contributed by atoms with E-state index in [1.165, 1.54) is 18.6 Å². The maximum absolute atomic E-state index is 14.4. The lowest BCUT2D eigenvalue weighted by molar-refractivity contribution is -0.0268. The van der Waals surface area contributed by atoms with Gasteiger partial charge >= 0.3 is 6.09 Å². The molecule has 1 amide bonds. The van der Waals surface area contributed by atoms with Crippen LogP contribution in [-0.4, -0.2) is 64.8 Å². The van der Waals surface area contributed by atoms with E-state index in [4.69, 9.17) is 15.2 Å². The van der Waals surface area contributed by atoms with Gasteiger partial charge in [0.25, 0.3) is 0 Å². The Balaban J connectivity index is 0.962. The van der Waals surface area contributed by atoms with Crippen molar-refractivity contribution in [2.75, 3.05) is 37.6 Å². The van der Waals surface area contributed by atoms with Crippen LogP contribution in [0.3, 0.4) is 0 Å². The third-order valence-electron chi connectivity index (χ3n) is 9.31. The molecule has 7 rings (SSSR count). The predicted molar refractivity (Wildman–Crippen MR) is 156 cm³/mol. The molecule has 0 unspecified atom stereocenters. The van der Waals surface area contributed by atoms with Gasteiger partial charge in [0.2, 0.25) is 0 Å². The average molecular weight is 573 g/mol. The second-order valence-corrected chi connectivity index (χ2v) is 12.6. The fraction of sp³-hybridized carbons (Fsp3) is 0.500. The van der Waals surface area contributed by atoms with Crippen molar-refractivity contribution in [3.8, 4) is 22.6 Å². The number of nitrogens with zero attached hydrogens (tertiary/aromatic N) is 5. The molecule has 2 aliphatic carbocycles. The van der Waals surface area contributed by atoms with Crippen molar-refractivity contribution in [1.82, 2.24) is 19.9 Å². The first kappa shape index (κ1) is 27.1. The summed E-state index contributed by atoms with van der Waals surface area (Å²) < 4.78 is 26.0. The first-order valence-corrected chi connectivity index (χ1v) is 15.1. The van der Waals surface area contributed by atoms with E-state index in [0.29, 0.717) is 34.3 Å². The minimum Gasteiger partial charge on any atom is -0.451 e. The lowest BCUT2D eigenvalue weighted by atomic mass is 9.72. The van der Waals surface area contributed by atoms with Gasteiger partial charge in [-0.1, -0.05) is 6.07 Å². The number of nitrogens with two attached hydrogens (primary N) is 1. The second kappa shape index (κ2) is 11.1. The van der Waals surface area contributed by atoms with Crippen LogP contribution in [0.25, 0.3) is 11.1 Å². The summed E-state index contributed by atoms with van der Waals surface area (Å²) >= 11 is 0. The first-order chi connectivity index (χ1) is 20.4. The van der Waals surface area contributed by atoms with Gasteiger partial charge in [-0.15, -0.1) is 0 Å². The van der Waals surface area contributed by atoms with Gasteiger partial charge in [0, 0.05) is 54.8 Å². The number of hydrogen-bond acceptors (Lipinski definition) is 8. The van der Waals surface area contributed by atoms with Gasteiger partial charge < -0.3 is 25.0 Å². The topological polar surface area (TPSA) is 107 Å². The molecule has 4 aliphatic rings. The lowest BCUT2D eigenvalue weighted by Gasteiger charge is -2.61. The highest BCUT2D eigenvalue weighted by Gasteiger charge is 2.52. The van der Waals surface area contributed by atoms with Crippen molar-refractivity contribution in [2.45, 2.75) is 57.0 Å². The van der Waals surface area contributed by atoms with E-state index in [1.54, 1.807) is 24.8 Å². The largest absolute Gasteiger partial charge is 0.451 e. The molecular weight excluding hydrogens is 535 g/mol. The third kappa shape index (κ3) is 5.64. The number of ether oxygens (including phenoxy) is 2. The minimum atomic E-state index is -0.660. The van der Waals surface area contributed by atoms with E-state index in [9.17, 15) is 9.18 Å². The van der Waals surface area contributed by atoms with Crippen LogP contribution in [0.2, 0.25) is 0 Å². The summed E-state index contributed by atoms with van der Waals surface area (Å²) in [5.41, 5.74) is 8.07. The molecule has 4 heterocycles. The molecule has 42 heavy (non-hydrogen) atoms. The zero-order chi connectivity index (χ0) is 28.7. The summed E-state index contributed by atoms with van der Waals surface area (Å²) in [6, 6.07) is 8.53. The Bertz CT molecular complexity index is 1440. The molecule has 2 aliphatic heterocycles. The summed E-state index contributed by atoms with van der Waals surface area (Å²) in [6.07, 6.45) is 11.8. The second-order valence-electron chi connectivity index (χ2n) is 12.6. The molecule has 0 radical (unpaired) electrons. The predicted octanol–water partition coefficient (Wildman–Crippen LogP) is 5.51. The number of halogens is 1. The number of anilines is 1. The summed E-state index contributed by atoms with van der Waals surface area (Å²) in [6.45, 7) is 5.16. The molecule has 10 heteroatoms. The number of carbonyl (C=O) groups is 1. The number of carbonyl (C=O) groups excluding carboxylic acids is 1. The van der Waals surface area contributed by atoms with Gasteiger partial charge in [0.1, 0.15) is 24.0 Å². The Kier molecular flexibility index (Phi) is 7.17. The molecular formula is C32H37FN6O3. The van der Waals surface area contributed by atoms with E-state index >= 15 is 0 Å². The van der Waals surface area contributed by atoms with Gasteiger partial charge in [-0.2, -0.15) is 0 Å². The van der Waals surface area contributed by atoms with Crippen LogP contribution >= 0.6 is 0 Å². The smallest absolute Gasteiger partial charge is 0.404 e. The van der Waals surface area contributed by atoms with Crippen molar-refractivity contribution in [3.63, 3.8) is 0 Å². The van der Waals surface area contributed by atoms with Gasteiger partial charge in [0.15, 0.2) is 11.6 Å². The molecule has 0 atom stereocenters. The summed E-state index contributed by atoms with van der Waals surface area (Å²) in [4.78, 5) is 29.3. The Hall–Kier alpha value is -3.79. The van der Waals surface area contributed by atoms with Crippen molar-refractivity contribution < 1.29 is 18.7 Å². The van der Waals surface area contributed by atoms with Crippen LogP contribution in [0.4, 0.5) is 15.0 Å². The number of amides is 1. The van der Waals surface area contributed by atoms with Crippen molar-refractivity contribution in [2.24, 2.45) is 17.1 Å². The molecule has 3 aromatic rings. The first-order valence-electron chi connectivity index (χ1n) is 15.1. The van der Waals surface area contributed by atoms with Gasteiger partial charge in [-0.05, 0) is 81.7 Å². The summed E-state index contributed by atoms with van der Waals surface area (Å²) in [5.74, 6) is 2.72. The zero-order valence-electron chi connectivity index (χ0n) is 23.8. The van der Waals surface area contributed by atoms with E-state index < -0.39 is 6.09 Å². The molecule has 1 spiro atoms. The molecule has 2 saturated carbocycles. The zero-order valence-corrected chi connectivity index (χ0v) is 23.8. The maximum atomic E-state index is 14.4. The molecule has 2 aromatic heterocycles. The fourth-order valence-corrected chi connectivity index (χ4v) is 7.11. The molecule has 4 fully saturated rings. The Morgan fingerprint density at radius 1 is 1.00 bits per heavy atom. The molecule has 2 saturated heterocycles. The Labute approximate surface area is 245 Å². The van der Waals surface area contributed by atoms with E-state index in [1.807, 2.05) is 12.1 Å². The minimum absolute atomic E-state index is 0.00661. The Morgan fingerprint density at radius 3 is 2.57 bits per heavy atom. The van der Waals surface area contributed by atoms with Crippen LogP contribution in [0.15, 0.2) is 49.1 Å². The summed E-state index contributed by atoms with van der Waals surface area (Å²) in [5, 5.41) is 0. The maximum Gasteiger partial charge on any atom is 0.404 e. The van der Waals surface area contributed by atoms with E-state index in [-0.39, 0.29) is 11.9 Å². The average Bonchev–Trinajstić information content (AvgIpc) is 3.79. The number of primary amides is 1. The molecule has 2 N–H and O–H groups in total. The molecule has 1 aromatic carbocycles. The lowest BCUT2D eigenvalue weighted by Crippen LogP contribution is -2.72. The number of benzene rings is 1. The molecule has 220 valence electrons. The quantitative estimate of drug-likeness (QED) is 0.358. The van der Waals surface area contributed by atoms with Crippen LogP contribution in [-0.2, 0) is 4.74 Å². The normalized spacial score (nSPS) is 23.2. The SMILES string of the molecule is NC(=O)OC1CCC(CCN2CC3(C2)CN(c2ncncc2Oc2ccc(F)cc2-c2cccnc2C2CC2)C3)CC1. The van der Waals surface area contributed by atoms with E-state index in [0.717, 1.165) is 88.3 Å². The fourth-order valence-electron chi connectivity index (χ4n) is 7.11. The highest BCUT2D eigenvalue weighted by Crippen LogP contribution is 2.47. The number of aromatic nitrogens is 3. The van der Waals surface area contributed by atoms with Crippen molar-refractivity contribution in [3.05, 3.63) is 60.6 Å². The van der Waals surface area contributed by atoms with Crippen molar-refractivity contribution in [1.29, 1.82) is 0 Å². The highest BCUT2D eigenvalue weighted by atomic mass is 19.1. The van der Waals surface area contributed by atoms with Gasteiger partial charge in [0.05, 0.1) is 11.9 Å². The van der Waals surface area contributed by atoms with Crippen LogP contribution in [0, 0.1) is 17.2 Å². The number of pyridine rings is 1. The molecule has 9 nitrogen and oxygen atoms in total. The standard InChI is InChI=1S/C32H37FN6O3/c33-23-7-10-27(26(14-23)25-2-1-12-36-29(25)22-5-6-22)42-28-15-35-20-37-30(28)39-18-32(19-39)16-38(17-32)13-11-21-3-8-24(9-4-21)41-31(34)40/h1-2,7,10,12,14-15,20-22,24H,3-6,8-9,11,13,16-19H2,(H2,34,40). The molecule has 0 bridgehead atoms. The monoisotopic (exact) mass is 572 g/mol. The summed E-state index contributed by atoms with van der Waals surface area (Å²) in [7, 11) is 0. The number of rotatable bonds is 9. The third-order valence-corrected chi connectivity index (χ3v) is 9.31. The number of likely N-dealkylation sites (tertiary alicyclic amines) is 1. The highest BCUT2D eigenvalue weighted by molar-refractivity contribution is 5.74.